The first kappa shape index (κ1) is 27.6. The highest BCUT2D eigenvalue weighted by molar-refractivity contribution is 7.21. The second-order valence-corrected chi connectivity index (χ2v) is 9.93. The maximum Gasteiger partial charge on any atom is 0.432 e. The van der Waals surface area contributed by atoms with E-state index in [4.69, 9.17) is 0 Å². The molecule has 0 radical (unpaired) electrons. The number of ether oxygens (including phenoxy) is 1. The molecule has 0 saturated heterocycles. The summed E-state index contributed by atoms with van der Waals surface area (Å²) in [5.74, 6) is -11.3. The molecule has 1 aromatic heterocycles. The summed E-state index contributed by atoms with van der Waals surface area (Å²) in [5, 5.41) is 0.521. The van der Waals surface area contributed by atoms with Crippen molar-refractivity contribution in [1.29, 1.82) is 0 Å². The van der Waals surface area contributed by atoms with Crippen molar-refractivity contribution in [3.63, 3.8) is 0 Å². The molecule has 0 saturated carbocycles. The third-order valence-electron chi connectivity index (χ3n) is 6.06. The molecule has 4 aromatic carbocycles. The third kappa shape index (κ3) is 5.25. The molecule has 206 valence electrons. The zero-order chi connectivity index (χ0) is 28.8. The summed E-state index contributed by atoms with van der Waals surface area (Å²) in [5.41, 5.74) is -0.242. The lowest BCUT2D eigenvalue weighted by Gasteiger charge is -2.20. The van der Waals surface area contributed by atoms with Crippen LogP contribution in [0.4, 0.5) is 35.1 Å². The van der Waals surface area contributed by atoms with Crippen LogP contribution in [-0.4, -0.2) is 4.98 Å². The van der Waals surface area contributed by atoms with Crippen LogP contribution in [0.3, 0.4) is 0 Å². The largest absolute Gasteiger partial charge is 0.432 e. The Morgan fingerprint density at radius 3 is 2.02 bits per heavy atom. The lowest BCUT2D eigenvalue weighted by molar-refractivity contribution is -0.189. The van der Waals surface area contributed by atoms with Gasteiger partial charge in [-0.2, -0.15) is 8.78 Å². The Bertz CT molecular complexity index is 1700. The Morgan fingerprint density at radius 2 is 1.40 bits per heavy atom. The Labute approximate surface area is 226 Å². The van der Waals surface area contributed by atoms with Gasteiger partial charge in [0.1, 0.15) is 33.8 Å². The van der Waals surface area contributed by atoms with E-state index in [0.717, 1.165) is 34.7 Å². The lowest BCUT2D eigenvalue weighted by atomic mass is 10.0. The molecule has 40 heavy (non-hydrogen) atoms. The van der Waals surface area contributed by atoms with Gasteiger partial charge in [0.05, 0.1) is 10.2 Å². The Kier molecular flexibility index (Phi) is 7.26. The first-order chi connectivity index (χ1) is 19.0. The maximum absolute atomic E-state index is 15.1. The fourth-order valence-corrected chi connectivity index (χ4v) is 5.24. The second kappa shape index (κ2) is 10.5. The summed E-state index contributed by atoms with van der Waals surface area (Å²) in [7, 11) is 0. The molecule has 11 heteroatoms. The number of aromatic nitrogens is 1. The van der Waals surface area contributed by atoms with Gasteiger partial charge in [-0.3, -0.25) is 0 Å². The molecule has 0 amide bonds. The SMILES string of the molecule is CCCc1ccc2nc(-c3ccc(-c4cc(F)c(C(F)(F)Oc5cc(F)c(F)c(F)c5)c(F)c4)c(F)c3)sc2c1. The van der Waals surface area contributed by atoms with E-state index in [1.54, 1.807) is 0 Å². The van der Waals surface area contributed by atoms with Crippen LogP contribution >= 0.6 is 11.3 Å². The number of hydrogen-bond donors (Lipinski definition) is 0. The summed E-state index contributed by atoms with van der Waals surface area (Å²) in [6, 6.07) is 10.9. The first-order valence-electron chi connectivity index (χ1n) is 11.9. The summed E-state index contributed by atoms with van der Waals surface area (Å²) in [6.45, 7) is 2.07. The molecule has 0 unspecified atom stereocenters. The smallest absolute Gasteiger partial charge is 0.429 e. The highest BCUT2D eigenvalue weighted by atomic mass is 32.1. The maximum atomic E-state index is 15.1. The summed E-state index contributed by atoms with van der Waals surface area (Å²) in [6.07, 6.45) is -2.87. The average molecular weight is 580 g/mol. The number of nitrogens with zero attached hydrogens (tertiary/aromatic N) is 1. The molecule has 0 atom stereocenters. The Balaban J connectivity index is 1.45. The predicted octanol–water partition coefficient (Wildman–Crippen LogP) is 9.55. The highest BCUT2D eigenvalue weighted by Gasteiger charge is 2.41. The van der Waals surface area contributed by atoms with Crippen molar-refractivity contribution in [1.82, 2.24) is 4.98 Å². The van der Waals surface area contributed by atoms with Crippen LogP contribution in [0.1, 0.15) is 24.5 Å². The van der Waals surface area contributed by atoms with Gasteiger partial charge in [-0.25, -0.2) is 31.3 Å². The van der Waals surface area contributed by atoms with E-state index in [0.29, 0.717) is 22.7 Å². The van der Waals surface area contributed by atoms with E-state index in [-0.39, 0.29) is 23.3 Å². The van der Waals surface area contributed by atoms with Crippen molar-refractivity contribution in [2.24, 2.45) is 0 Å². The van der Waals surface area contributed by atoms with Gasteiger partial charge >= 0.3 is 6.11 Å². The molecule has 5 rings (SSSR count). The zero-order valence-electron chi connectivity index (χ0n) is 20.5. The van der Waals surface area contributed by atoms with Gasteiger partial charge in [0.25, 0.3) is 0 Å². The fraction of sp³-hybridized carbons (Fsp3) is 0.138. The van der Waals surface area contributed by atoms with Crippen LogP contribution in [0.15, 0.2) is 60.7 Å². The lowest BCUT2D eigenvalue weighted by Crippen LogP contribution is -2.25. The molecule has 0 aliphatic rings. The van der Waals surface area contributed by atoms with Gasteiger partial charge in [0, 0.05) is 23.3 Å². The summed E-state index contributed by atoms with van der Waals surface area (Å²) < 4.78 is 119. The number of thiazole rings is 1. The van der Waals surface area contributed by atoms with Crippen molar-refractivity contribution in [3.8, 4) is 27.4 Å². The minimum Gasteiger partial charge on any atom is -0.429 e. The quantitative estimate of drug-likeness (QED) is 0.142. The predicted molar refractivity (Wildman–Crippen MR) is 135 cm³/mol. The number of rotatable bonds is 7. The molecule has 0 spiro atoms. The highest BCUT2D eigenvalue weighted by Crippen LogP contribution is 2.39. The van der Waals surface area contributed by atoms with Gasteiger partial charge in [-0.05, 0) is 47.9 Å². The van der Waals surface area contributed by atoms with Gasteiger partial charge in [0.15, 0.2) is 17.5 Å². The van der Waals surface area contributed by atoms with Gasteiger partial charge < -0.3 is 4.74 Å². The van der Waals surface area contributed by atoms with Crippen LogP contribution < -0.4 is 4.74 Å². The first-order valence-corrected chi connectivity index (χ1v) is 12.7. The number of alkyl halides is 2. The van der Waals surface area contributed by atoms with Crippen molar-refractivity contribution in [2.45, 2.75) is 25.9 Å². The van der Waals surface area contributed by atoms with E-state index >= 15 is 4.39 Å². The monoisotopic (exact) mass is 579 g/mol. The van der Waals surface area contributed by atoms with Gasteiger partial charge in [0.2, 0.25) is 0 Å². The van der Waals surface area contributed by atoms with Gasteiger partial charge in [-0.15, -0.1) is 11.3 Å². The topological polar surface area (TPSA) is 22.1 Å². The van der Waals surface area contributed by atoms with Crippen molar-refractivity contribution in [2.75, 3.05) is 0 Å². The molecule has 5 aromatic rings. The molecule has 0 aliphatic carbocycles. The standard InChI is InChI=1S/C29H17F8NOS/c1-2-3-14-4-7-24-25(8-14)40-28(38-24)15-5-6-18(19(30)9-15)16-10-20(31)26(21(32)11-16)29(36,37)39-17-12-22(33)27(35)23(34)13-17/h4-13H,2-3H2,1H3. The van der Waals surface area contributed by atoms with E-state index < -0.39 is 52.3 Å². The van der Waals surface area contributed by atoms with Crippen LogP contribution in [0.25, 0.3) is 31.9 Å². The van der Waals surface area contributed by atoms with Crippen LogP contribution in [-0.2, 0) is 12.5 Å². The molecule has 2 nitrogen and oxygen atoms in total. The van der Waals surface area contributed by atoms with E-state index in [1.807, 2.05) is 18.2 Å². The van der Waals surface area contributed by atoms with Crippen LogP contribution in [0.2, 0.25) is 0 Å². The minimum atomic E-state index is -4.75. The summed E-state index contributed by atoms with van der Waals surface area (Å²) in [4.78, 5) is 4.51. The third-order valence-corrected chi connectivity index (χ3v) is 7.12. The number of benzene rings is 4. The average Bonchev–Trinajstić information content (AvgIpc) is 3.30. The minimum absolute atomic E-state index is 0.100. The number of halogens is 8. The Morgan fingerprint density at radius 1 is 0.750 bits per heavy atom. The zero-order valence-corrected chi connectivity index (χ0v) is 21.3. The second-order valence-electron chi connectivity index (χ2n) is 8.90. The molecular formula is C29H17F8NOS. The molecule has 0 N–H and O–H groups in total. The fourth-order valence-electron chi connectivity index (χ4n) is 4.22. The van der Waals surface area contributed by atoms with Crippen molar-refractivity contribution >= 4 is 21.6 Å². The Hall–Kier alpha value is -3.99. The normalized spacial score (nSPS) is 11.8. The molecule has 0 fully saturated rings. The van der Waals surface area contributed by atoms with Crippen molar-refractivity contribution < 1.29 is 39.9 Å². The van der Waals surface area contributed by atoms with Crippen molar-refractivity contribution in [3.05, 3.63) is 107 Å². The van der Waals surface area contributed by atoms with Gasteiger partial charge in [-0.1, -0.05) is 31.5 Å². The molecule has 1 heterocycles. The van der Waals surface area contributed by atoms with E-state index in [2.05, 4.69) is 16.6 Å². The van der Waals surface area contributed by atoms with E-state index in [9.17, 15) is 30.7 Å². The van der Waals surface area contributed by atoms with E-state index in [1.165, 1.54) is 23.5 Å². The number of hydrogen-bond acceptors (Lipinski definition) is 3. The molecule has 0 aliphatic heterocycles. The number of aryl methyl sites for hydroxylation is 1. The molecular weight excluding hydrogens is 562 g/mol. The van der Waals surface area contributed by atoms with Crippen LogP contribution in [0.5, 0.6) is 5.75 Å². The summed E-state index contributed by atoms with van der Waals surface area (Å²) >= 11 is 1.35. The number of fused-ring (bicyclic) bond motifs is 1. The van der Waals surface area contributed by atoms with Crippen LogP contribution in [0, 0.1) is 34.9 Å². The molecule has 0 bridgehead atoms.